The first-order valence-corrected chi connectivity index (χ1v) is 6.04. The molecule has 1 aliphatic rings. The Morgan fingerprint density at radius 1 is 1.25 bits per heavy atom. The van der Waals surface area contributed by atoms with Gasteiger partial charge in [-0.15, -0.1) is 0 Å². The van der Waals surface area contributed by atoms with Crippen LogP contribution < -0.4 is 5.73 Å². The summed E-state index contributed by atoms with van der Waals surface area (Å²) >= 11 is 3.31. The number of carboxylic acid groups (broad SMARTS) is 1. The van der Waals surface area contributed by atoms with Crippen molar-refractivity contribution in [3.8, 4) is 0 Å². The molecule has 1 aromatic carbocycles. The summed E-state index contributed by atoms with van der Waals surface area (Å²) < 4.78 is 1.13. The molecule has 1 aromatic rings. The molecule has 0 spiro atoms. The Morgan fingerprint density at radius 3 is 1.88 bits per heavy atom. The molecule has 0 aliphatic heterocycles. The number of nitrogens with two attached hydrogens (primary N) is 1. The fourth-order valence-electron chi connectivity index (χ4n) is 1.37. The number of hydrogen-bond acceptors (Lipinski definition) is 2. The zero-order valence-corrected chi connectivity index (χ0v) is 10.8. The maximum atomic E-state index is 8.36. The van der Waals surface area contributed by atoms with E-state index in [0.29, 0.717) is 6.04 Å². The second-order valence-corrected chi connectivity index (χ2v) is 4.36. The van der Waals surface area contributed by atoms with Gasteiger partial charge in [-0.05, 0) is 25.0 Å². The number of halogens is 1. The predicted octanol–water partition coefficient (Wildman–Crippen LogP) is 3.04. The lowest BCUT2D eigenvalue weighted by atomic mass is 10.3. The highest BCUT2D eigenvalue weighted by Gasteiger charge is 2.07. The van der Waals surface area contributed by atoms with Crippen LogP contribution in [0.25, 0.3) is 0 Å². The highest BCUT2D eigenvalue weighted by molar-refractivity contribution is 9.10. The zero-order valence-electron chi connectivity index (χ0n) is 9.18. The van der Waals surface area contributed by atoms with Crippen LogP contribution in [0.3, 0.4) is 0 Å². The van der Waals surface area contributed by atoms with E-state index in [0.717, 1.165) is 4.47 Å². The van der Waals surface area contributed by atoms with Gasteiger partial charge in [-0.3, -0.25) is 4.79 Å². The Balaban J connectivity index is 0.000000230. The number of rotatable bonds is 0. The standard InChI is InChI=1S/C6H5Br.C5H11N.CH2O2/c7-6-4-2-1-3-5-6;6-5-3-1-2-4-5;2-1-3/h1-5H;5H,1-4,6H2;1H,(H,2,3). The molecule has 0 bridgehead atoms. The van der Waals surface area contributed by atoms with Crippen LogP contribution in [0.15, 0.2) is 34.8 Å². The highest BCUT2D eigenvalue weighted by Crippen LogP contribution is 2.14. The van der Waals surface area contributed by atoms with Gasteiger partial charge in [0.15, 0.2) is 0 Å². The minimum atomic E-state index is -0.250. The Labute approximate surface area is 105 Å². The molecule has 3 N–H and O–H groups in total. The van der Waals surface area contributed by atoms with Crippen molar-refractivity contribution in [1.82, 2.24) is 0 Å². The van der Waals surface area contributed by atoms with E-state index in [1.807, 2.05) is 30.3 Å². The minimum absolute atomic E-state index is 0.250. The van der Waals surface area contributed by atoms with Crippen LogP contribution in [-0.2, 0) is 4.79 Å². The number of benzene rings is 1. The molecule has 1 fully saturated rings. The van der Waals surface area contributed by atoms with Gasteiger partial charge in [0, 0.05) is 10.5 Å². The average Bonchev–Trinajstić information content (AvgIpc) is 2.72. The van der Waals surface area contributed by atoms with Crippen LogP contribution in [0, 0.1) is 0 Å². The van der Waals surface area contributed by atoms with Crippen LogP contribution in [0.4, 0.5) is 0 Å². The molecular formula is C12H18BrNO2. The van der Waals surface area contributed by atoms with Gasteiger partial charge in [-0.2, -0.15) is 0 Å². The van der Waals surface area contributed by atoms with Crippen molar-refractivity contribution in [2.45, 2.75) is 31.7 Å². The number of hydrogen-bond donors (Lipinski definition) is 2. The molecule has 0 saturated heterocycles. The molecular weight excluding hydrogens is 270 g/mol. The predicted molar refractivity (Wildman–Crippen MR) is 69.3 cm³/mol. The molecule has 4 heteroatoms. The third kappa shape index (κ3) is 9.68. The van der Waals surface area contributed by atoms with Crippen molar-refractivity contribution < 1.29 is 9.90 Å². The minimum Gasteiger partial charge on any atom is -0.483 e. The molecule has 2 rings (SSSR count). The summed E-state index contributed by atoms with van der Waals surface area (Å²) in [5, 5.41) is 6.89. The van der Waals surface area contributed by atoms with Crippen LogP contribution in [-0.4, -0.2) is 17.6 Å². The van der Waals surface area contributed by atoms with Gasteiger partial charge in [-0.1, -0.05) is 47.0 Å². The molecule has 0 aromatic heterocycles. The van der Waals surface area contributed by atoms with Crippen molar-refractivity contribution in [2.24, 2.45) is 5.73 Å². The summed E-state index contributed by atoms with van der Waals surface area (Å²) in [5.41, 5.74) is 5.53. The fourth-order valence-corrected chi connectivity index (χ4v) is 1.68. The van der Waals surface area contributed by atoms with Gasteiger partial charge < -0.3 is 10.8 Å². The summed E-state index contributed by atoms with van der Waals surface area (Å²) in [7, 11) is 0. The number of carbonyl (C=O) groups is 1. The molecule has 0 radical (unpaired) electrons. The van der Waals surface area contributed by atoms with Gasteiger partial charge in [0.1, 0.15) is 0 Å². The topological polar surface area (TPSA) is 63.3 Å². The summed E-state index contributed by atoms with van der Waals surface area (Å²) in [5.74, 6) is 0. The van der Waals surface area contributed by atoms with E-state index in [4.69, 9.17) is 15.6 Å². The van der Waals surface area contributed by atoms with Gasteiger partial charge in [0.25, 0.3) is 6.47 Å². The molecule has 0 amide bonds. The molecule has 0 heterocycles. The molecule has 0 unspecified atom stereocenters. The molecule has 3 nitrogen and oxygen atoms in total. The van der Waals surface area contributed by atoms with Crippen molar-refractivity contribution >= 4 is 22.4 Å². The summed E-state index contributed by atoms with van der Waals surface area (Å²) in [4.78, 5) is 8.36. The normalized spacial score (nSPS) is 14.1. The van der Waals surface area contributed by atoms with Crippen LogP contribution in [0.2, 0.25) is 0 Å². The largest absolute Gasteiger partial charge is 0.483 e. The lowest BCUT2D eigenvalue weighted by Gasteiger charge is -1.92. The molecule has 1 aliphatic carbocycles. The summed E-state index contributed by atoms with van der Waals surface area (Å²) in [6, 6.07) is 10.5. The van der Waals surface area contributed by atoms with Crippen molar-refractivity contribution in [3.63, 3.8) is 0 Å². The summed E-state index contributed by atoms with van der Waals surface area (Å²) in [6.07, 6.45) is 5.25. The first-order chi connectivity index (χ1) is 7.70. The van der Waals surface area contributed by atoms with E-state index in [2.05, 4.69) is 15.9 Å². The smallest absolute Gasteiger partial charge is 0.290 e. The third-order valence-corrected chi connectivity index (χ3v) is 2.66. The SMILES string of the molecule is Brc1ccccc1.NC1CCCC1.O=CO. The first-order valence-electron chi connectivity index (χ1n) is 5.24. The van der Waals surface area contributed by atoms with Gasteiger partial charge in [0.2, 0.25) is 0 Å². The second-order valence-electron chi connectivity index (χ2n) is 3.45. The molecule has 90 valence electrons. The molecule has 16 heavy (non-hydrogen) atoms. The van der Waals surface area contributed by atoms with Gasteiger partial charge >= 0.3 is 0 Å². The van der Waals surface area contributed by atoms with E-state index in [1.165, 1.54) is 25.7 Å². The molecule has 1 saturated carbocycles. The lowest BCUT2D eigenvalue weighted by molar-refractivity contribution is -0.122. The van der Waals surface area contributed by atoms with E-state index < -0.39 is 0 Å². The van der Waals surface area contributed by atoms with E-state index in [-0.39, 0.29) is 6.47 Å². The lowest BCUT2D eigenvalue weighted by Crippen LogP contribution is -2.13. The van der Waals surface area contributed by atoms with Crippen LogP contribution in [0.5, 0.6) is 0 Å². The first kappa shape index (κ1) is 15.1. The van der Waals surface area contributed by atoms with Crippen LogP contribution in [0.1, 0.15) is 25.7 Å². The van der Waals surface area contributed by atoms with Crippen molar-refractivity contribution in [1.29, 1.82) is 0 Å². The third-order valence-electron chi connectivity index (χ3n) is 2.13. The highest BCUT2D eigenvalue weighted by atomic mass is 79.9. The van der Waals surface area contributed by atoms with Crippen molar-refractivity contribution in [2.75, 3.05) is 0 Å². The summed E-state index contributed by atoms with van der Waals surface area (Å²) in [6.45, 7) is -0.250. The maximum absolute atomic E-state index is 8.36. The Hall–Kier alpha value is -0.870. The molecule has 0 atom stereocenters. The van der Waals surface area contributed by atoms with Crippen LogP contribution >= 0.6 is 15.9 Å². The quantitative estimate of drug-likeness (QED) is 0.721. The van der Waals surface area contributed by atoms with E-state index in [1.54, 1.807) is 0 Å². The van der Waals surface area contributed by atoms with E-state index >= 15 is 0 Å². The fraction of sp³-hybridized carbons (Fsp3) is 0.417. The average molecular weight is 288 g/mol. The Morgan fingerprint density at radius 2 is 1.69 bits per heavy atom. The Kier molecular flexibility index (Phi) is 10.1. The zero-order chi connectivity index (χ0) is 12.2. The van der Waals surface area contributed by atoms with Gasteiger partial charge in [0.05, 0.1) is 0 Å². The van der Waals surface area contributed by atoms with E-state index in [9.17, 15) is 0 Å². The van der Waals surface area contributed by atoms with Gasteiger partial charge in [-0.25, -0.2) is 0 Å². The Bertz CT molecular complexity index is 261. The second kappa shape index (κ2) is 10.6. The monoisotopic (exact) mass is 287 g/mol. The van der Waals surface area contributed by atoms with Crippen molar-refractivity contribution in [3.05, 3.63) is 34.8 Å². The maximum Gasteiger partial charge on any atom is 0.290 e.